The van der Waals surface area contributed by atoms with E-state index in [1.165, 1.54) is 5.56 Å². The molecule has 2 aromatic rings. The van der Waals surface area contributed by atoms with Gasteiger partial charge in [-0.3, -0.25) is 4.79 Å². The third kappa shape index (κ3) is 4.85. The highest BCUT2D eigenvalue weighted by Crippen LogP contribution is 2.20. The predicted octanol–water partition coefficient (Wildman–Crippen LogP) is 4.70. The molecule has 0 fully saturated rings. The van der Waals surface area contributed by atoms with Gasteiger partial charge in [-0.25, -0.2) is 0 Å². The Bertz CT molecular complexity index is 603. The Morgan fingerprint density at radius 2 is 1.61 bits per heavy atom. The fourth-order valence-corrected chi connectivity index (χ4v) is 2.65. The Kier molecular flexibility index (Phi) is 6.21. The first-order valence-electron chi connectivity index (χ1n) is 8.30. The van der Waals surface area contributed by atoms with Crippen molar-refractivity contribution in [2.75, 3.05) is 17.3 Å². The molecule has 0 aliphatic heterocycles. The highest BCUT2D eigenvalue weighted by molar-refractivity contribution is 5.92. The Morgan fingerprint density at radius 1 is 1.00 bits per heavy atom. The van der Waals surface area contributed by atoms with Crippen molar-refractivity contribution in [1.29, 1.82) is 0 Å². The minimum Gasteiger partial charge on any atom is -0.370 e. The normalized spacial score (nSPS) is 10.6. The van der Waals surface area contributed by atoms with E-state index in [4.69, 9.17) is 0 Å². The molecule has 0 aliphatic rings. The lowest BCUT2D eigenvalue weighted by atomic mass is 10.0. The van der Waals surface area contributed by atoms with E-state index in [9.17, 15) is 4.79 Å². The first kappa shape index (κ1) is 17.1. The van der Waals surface area contributed by atoms with Gasteiger partial charge in [-0.1, -0.05) is 44.2 Å². The van der Waals surface area contributed by atoms with Gasteiger partial charge in [0.1, 0.15) is 0 Å². The highest BCUT2D eigenvalue weighted by atomic mass is 16.1. The predicted molar refractivity (Wildman–Crippen MR) is 97.7 cm³/mol. The molecule has 1 amide bonds. The summed E-state index contributed by atoms with van der Waals surface area (Å²) in [6.07, 6.45) is 1.75. The van der Waals surface area contributed by atoms with E-state index in [0.29, 0.717) is 0 Å². The molecule has 1 N–H and O–H groups in total. The number of nitrogens with one attached hydrogen (secondary N) is 1. The maximum absolute atomic E-state index is 12.1. The molecule has 3 heteroatoms. The number of benzene rings is 2. The Balaban J connectivity index is 1.97. The molecule has 0 saturated heterocycles. The monoisotopic (exact) mass is 310 g/mol. The molecule has 122 valence electrons. The van der Waals surface area contributed by atoms with Crippen LogP contribution in [0.25, 0.3) is 0 Å². The first-order chi connectivity index (χ1) is 11.1. The van der Waals surface area contributed by atoms with Crippen LogP contribution >= 0.6 is 0 Å². The SMILES string of the molecule is CCC(CC)C(=O)Nc1ccc(N(C)Cc2ccccc2)cc1. The van der Waals surface area contributed by atoms with Crippen LogP contribution in [-0.4, -0.2) is 13.0 Å². The summed E-state index contributed by atoms with van der Waals surface area (Å²) in [5.41, 5.74) is 3.27. The smallest absolute Gasteiger partial charge is 0.227 e. The zero-order valence-corrected chi connectivity index (χ0v) is 14.3. The number of hydrogen-bond donors (Lipinski definition) is 1. The van der Waals surface area contributed by atoms with E-state index in [2.05, 4.69) is 55.4 Å². The molecule has 2 rings (SSSR count). The Labute approximate surface area is 139 Å². The van der Waals surface area contributed by atoms with E-state index < -0.39 is 0 Å². The molecule has 0 spiro atoms. The second-order valence-electron chi connectivity index (χ2n) is 5.89. The van der Waals surface area contributed by atoms with Gasteiger partial charge in [0.2, 0.25) is 5.91 Å². The zero-order chi connectivity index (χ0) is 16.7. The van der Waals surface area contributed by atoms with Crippen LogP contribution in [0.3, 0.4) is 0 Å². The molecule has 0 aromatic heterocycles. The van der Waals surface area contributed by atoms with E-state index in [-0.39, 0.29) is 11.8 Å². The lowest BCUT2D eigenvalue weighted by Crippen LogP contribution is -2.21. The van der Waals surface area contributed by atoms with Crippen LogP contribution in [0.5, 0.6) is 0 Å². The second kappa shape index (κ2) is 8.37. The lowest BCUT2D eigenvalue weighted by Gasteiger charge is -2.20. The van der Waals surface area contributed by atoms with Crippen molar-refractivity contribution in [3.05, 3.63) is 60.2 Å². The third-order valence-corrected chi connectivity index (χ3v) is 4.19. The Morgan fingerprint density at radius 3 is 2.17 bits per heavy atom. The molecule has 0 saturated carbocycles. The summed E-state index contributed by atoms with van der Waals surface area (Å²) < 4.78 is 0. The van der Waals surface area contributed by atoms with E-state index in [1.54, 1.807) is 0 Å². The summed E-state index contributed by atoms with van der Waals surface area (Å²) >= 11 is 0. The minimum absolute atomic E-state index is 0.0930. The number of carbonyl (C=O) groups is 1. The van der Waals surface area contributed by atoms with Gasteiger partial charge in [-0.15, -0.1) is 0 Å². The van der Waals surface area contributed by atoms with Crippen LogP contribution in [-0.2, 0) is 11.3 Å². The Hall–Kier alpha value is -2.29. The van der Waals surface area contributed by atoms with Crippen molar-refractivity contribution in [2.24, 2.45) is 5.92 Å². The standard InChI is InChI=1S/C20H26N2O/c1-4-17(5-2)20(23)21-18-11-13-19(14-12-18)22(3)15-16-9-7-6-8-10-16/h6-14,17H,4-5,15H2,1-3H3,(H,21,23). The van der Waals surface area contributed by atoms with Crippen LogP contribution in [0, 0.1) is 5.92 Å². The van der Waals surface area contributed by atoms with Crippen LogP contribution < -0.4 is 10.2 Å². The molecule has 0 unspecified atom stereocenters. The van der Waals surface area contributed by atoms with Crippen LogP contribution in [0.2, 0.25) is 0 Å². The quantitative estimate of drug-likeness (QED) is 0.804. The molecule has 0 atom stereocenters. The molecule has 0 bridgehead atoms. The molecule has 3 nitrogen and oxygen atoms in total. The van der Waals surface area contributed by atoms with Gasteiger partial charge in [0, 0.05) is 30.9 Å². The van der Waals surface area contributed by atoms with E-state index >= 15 is 0 Å². The molecule has 0 aliphatic carbocycles. The van der Waals surface area contributed by atoms with Crippen LogP contribution in [0.4, 0.5) is 11.4 Å². The van der Waals surface area contributed by atoms with Crippen LogP contribution in [0.15, 0.2) is 54.6 Å². The van der Waals surface area contributed by atoms with Crippen molar-refractivity contribution >= 4 is 17.3 Å². The minimum atomic E-state index is 0.0930. The summed E-state index contributed by atoms with van der Waals surface area (Å²) in [6.45, 7) is 4.96. The number of hydrogen-bond acceptors (Lipinski definition) is 2. The molecule has 0 radical (unpaired) electrons. The van der Waals surface area contributed by atoms with Crippen molar-refractivity contribution < 1.29 is 4.79 Å². The fraction of sp³-hybridized carbons (Fsp3) is 0.350. The summed E-state index contributed by atoms with van der Waals surface area (Å²) in [5, 5.41) is 3.00. The van der Waals surface area contributed by atoms with E-state index in [0.717, 1.165) is 30.8 Å². The molecule has 0 heterocycles. The summed E-state index contributed by atoms with van der Waals surface area (Å²) in [5.74, 6) is 0.204. The molecular weight excluding hydrogens is 284 g/mol. The number of rotatable bonds is 7. The largest absolute Gasteiger partial charge is 0.370 e. The highest BCUT2D eigenvalue weighted by Gasteiger charge is 2.14. The summed E-state index contributed by atoms with van der Waals surface area (Å²) in [6, 6.07) is 18.4. The lowest BCUT2D eigenvalue weighted by molar-refractivity contribution is -0.120. The maximum Gasteiger partial charge on any atom is 0.227 e. The van der Waals surface area contributed by atoms with Gasteiger partial charge in [0.05, 0.1) is 0 Å². The average molecular weight is 310 g/mol. The van der Waals surface area contributed by atoms with E-state index in [1.807, 2.05) is 30.3 Å². The van der Waals surface area contributed by atoms with Crippen molar-refractivity contribution in [3.8, 4) is 0 Å². The summed E-state index contributed by atoms with van der Waals surface area (Å²) in [4.78, 5) is 14.3. The van der Waals surface area contributed by atoms with Gasteiger partial charge < -0.3 is 10.2 Å². The van der Waals surface area contributed by atoms with Gasteiger partial charge in [0.25, 0.3) is 0 Å². The van der Waals surface area contributed by atoms with Crippen LogP contribution in [0.1, 0.15) is 32.3 Å². The molecule has 2 aromatic carbocycles. The third-order valence-electron chi connectivity index (χ3n) is 4.19. The van der Waals surface area contributed by atoms with Crippen molar-refractivity contribution in [3.63, 3.8) is 0 Å². The van der Waals surface area contributed by atoms with Crippen molar-refractivity contribution in [2.45, 2.75) is 33.2 Å². The second-order valence-corrected chi connectivity index (χ2v) is 5.89. The number of anilines is 2. The maximum atomic E-state index is 12.1. The van der Waals surface area contributed by atoms with Gasteiger partial charge in [-0.2, -0.15) is 0 Å². The van der Waals surface area contributed by atoms with Gasteiger partial charge in [-0.05, 0) is 42.7 Å². The molecule has 23 heavy (non-hydrogen) atoms. The first-order valence-corrected chi connectivity index (χ1v) is 8.30. The number of nitrogens with zero attached hydrogens (tertiary/aromatic N) is 1. The fourth-order valence-electron chi connectivity index (χ4n) is 2.65. The zero-order valence-electron chi connectivity index (χ0n) is 14.3. The number of carbonyl (C=O) groups excluding carboxylic acids is 1. The number of amides is 1. The molecular formula is C20H26N2O. The van der Waals surface area contributed by atoms with Gasteiger partial charge >= 0.3 is 0 Å². The van der Waals surface area contributed by atoms with Gasteiger partial charge in [0.15, 0.2) is 0 Å². The average Bonchev–Trinajstić information content (AvgIpc) is 2.57. The topological polar surface area (TPSA) is 32.3 Å². The summed E-state index contributed by atoms with van der Waals surface area (Å²) in [7, 11) is 2.07. The van der Waals surface area contributed by atoms with Crippen molar-refractivity contribution in [1.82, 2.24) is 0 Å².